The van der Waals surface area contributed by atoms with Gasteiger partial charge in [0.05, 0.1) is 11.6 Å². The van der Waals surface area contributed by atoms with Gasteiger partial charge in [-0.1, -0.05) is 47.9 Å². The number of nitrogens with zero attached hydrogens (tertiary/aromatic N) is 1. The van der Waals surface area contributed by atoms with Crippen LogP contribution in [0.2, 0.25) is 5.02 Å². The Morgan fingerprint density at radius 2 is 1.84 bits per heavy atom. The van der Waals surface area contributed by atoms with Crippen molar-refractivity contribution in [2.45, 2.75) is 51.8 Å². The number of nitrogens with one attached hydrogen (secondary N) is 1. The molecule has 7 heteroatoms. The van der Waals surface area contributed by atoms with Crippen LogP contribution in [-0.4, -0.2) is 20.2 Å². The number of ketones is 1. The maximum atomic E-state index is 13.3. The van der Waals surface area contributed by atoms with E-state index < -0.39 is 16.1 Å². The minimum atomic E-state index is -1.28. The first kappa shape index (κ1) is 23.5. The van der Waals surface area contributed by atoms with Crippen molar-refractivity contribution in [3.63, 3.8) is 0 Å². The molecule has 0 fully saturated rings. The second-order valence-electron chi connectivity index (χ2n) is 8.34. The summed E-state index contributed by atoms with van der Waals surface area (Å²) >= 11 is 4.70. The van der Waals surface area contributed by atoms with E-state index in [1.54, 1.807) is 30.3 Å². The molecule has 0 bridgehead atoms. The molecule has 31 heavy (non-hydrogen) atoms. The van der Waals surface area contributed by atoms with Gasteiger partial charge < -0.3 is 9.08 Å². The number of carbonyl (C=O) groups excluding carboxylic acids is 1. The van der Waals surface area contributed by atoms with Crippen LogP contribution in [0.5, 0.6) is 0 Å². The van der Waals surface area contributed by atoms with Crippen molar-refractivity contribution in [1.82, 2.24) is 9.88 Å². The molecular formula is C24H27ClN2O3S. The maximum Gasteiger partial charge on any atom is 0.193 e. The summed E-state index contributed by atoms with van der Waals surface area (Å²) in [5, 5.41) is 4.86. The Kier molecular flexibility index (Phi) is 7.27. The summed E-state index contributed by atoms with van der Waals surface area (Å²) in [6.07, 6.45) is 0.661. The molecule has 1 N–H and O–H groups in total. The molecule has 0 spiro atoms. The highest BCUT2D eigenvalue weighted by atomic mass is 35.5. The minimum absolute atomic E-state index is 0.113. The third-order valence-corrected chi connectivity index (χ3v) is 6.84. The Morgan fingerprint density at radius 1 is 1.19 bits per heavy atom. The van der Waals surface area contributed by atoms with E-state index >= 15 is 0 Å². The molecule has 3 rings (SSSR count). The van der Waals surface area contributed by atoms with Gasteiger partial charge in [-0.15, -0.1) is 4.72 Å². The first-order chi connectivity index (χ1) is 14.6. The Morgan fingerprint density at radius 3 is 2.45 bits per heavy atom. The summed E-state index contributed by atoms with van der Waals surface area (Å²) in [5.74, 6) is 0.492. The molecule has 3 aromatic rings. The number of halogens is 1. The molecule has 0 amide bonds. The summed E-state index contributed by atoms with van der Waals surface area (Å²) in [6, 6.07) is 13.9. The molecule has 1 aromatic heterocycles. The second kappa shape index (κ2) is 9.57. The third kappa shape index (κ3) is 5.21. The second-order valence-corrected chi connectivity index (χ2v) is 10.8. The van der Waals surface area contributed by atoms with E-state index in [9.17, 15) is 9.35 Å². The standard InChI is InChI=1S/C24H27ClN2O3S/c1-6-20(27-31(29)24(3,4)5)22-21(15(2)30-26-22)18-9-7-8-10-19(18)23(28)16-11-13-17(25)14-12-16/h7-14,20,27H,6H2,1-5H3/t20-,31-/m0/s1. The van der Waals surface area contributed by atoms with Crippen molar-refractivity contribution in [1.29, 1.82) is 0 Å². The van der Waals surface area contributed by atoms with Crippen molar-refractivity contribution >= 4 is 28.7 Å². The minimum Gasteiger partial charge on any atom is -0.598 e. The highest BCUT2D eigenvalue weighted by Gasteiger charge is 2.33. The number of hydrogen-bond acceptors (Lipinski definition) is 5. The van der Waals surface area contributed by atoms with E-state index in [0.29, 0.717) is 34.0 Å². The van der Waals surface area contributed by atoms with E-state index in [0.717, 1.165) is 11.1 Å². The lowest BCUT2D eigenvalue weighted by Crippen LogP contribution is -2.41. The van der Waals surface area contributed by atoms with Crippen LogP contribution >= 0.6 is 11.6 Å². The number of hydrogen-bond donors (Lipinski definition) is 1. The van der Waals surface area contributed by atoms with Gasteiger partial charge in [-0.05, 0) is 63.9 Å². The summed E-state index contributed by atoms with van der Waals surface area (Å²) in [6.45, 7) is 9.56. The fourth-order valence-corrected chi connectivity index (χ4v) is 4.27. The molecule has 0 radical (unpaired) electrons. The molecule has 5 nitrogen and oxygen atoms in total. The van der Waals surface area contributed by atoms with Gasteiger partial charge in [0.2, 0.25) is 0 Å². The SMILES string of the molecule is CC[C@H](N[S@@+]([O-])C(C)(C)C)c1noc(C)c1-c1ccccc1C(=O)c1ccc(Cl)cc1. The average Bonchev–Trinajstić information content (AvgIpc) is 3.12. The van der Waals surface area contributed by atoms with Crippen molar-refractivity contribution in [2.24, 2.45) is 0 Å². The van der Waals surface area contributed by atoms with E-state index in [1.165, 1.54) is 0 Å². The highest BCUT2D eigenvalue weighted by Crippen LogP contribution is 2.36. The van der Waals surface area contributed by atoms with Crippen molar-refractivity contribution < 1.29 is 13.9 Å². The Bertz CT molecular complexity index is 1060. The molecule has 2 atom stereocenters. The predicted octanol–water partition coefficient (Wildman–Crippen LogP) is 6.04. The van der Waals surface area contributed by atoms with E-state index in [1.807, 2.05) is 52.8 Å². The molecule has 0 saturated carbocycles. The number of benzene rings is 2. The lowest BCUT2D eigenvalue weighted by Gasteiger charge is -2.27. The van der Waals surface area contributed by atoms with Gasteiger partial charge in [0, 0.05) is 27.5 Å². The molecule has 0 saturated heterocycles. The van der Waals surface area contributed by atoms with Crippen molar-refractivity contribution in [3.8, 4) is 11.1 Å². The molecule has 0 unspecified atom stereocenters. The van der Waals surface area contributed by atoms with Crippen LogP contribution in [-0.2, 0) is 11.4 Å². The zero-order valence-electron chi connectivity index (χ0n) is 18.4. The number of aryl methyl sites for hydroxylation is 1. The Labute approximate surface area is 191 Å². The fraction of sp³-hybridized carbons (Fsp3) is 0.333. The summed E-state index contributed by atoms with van der Waals surface area (Å²) in [5.41, 5.74) is 3.23. The smallest absolute Gasteiger partial charge is 0.193 e. The topological polar surface area (TPSA) is 78.2 Å². The van der Waals surface area contributed by atoms with Gasteiger partial charge in [0.25, 0.3) is 0 Å². The van der Waals surface area contributed by atoms with Crippen LogP contribution < -0.4 is 4.72 Å². The average molecular weight is 459 g/mol. The molecule has 164 valence electrons. The first-order valence-corrected chi connectivity index (χ1v) is 11.7. The van der Waals surface area contributed by atoms with E-state index in [2.05, 4.69) is 9.88 Å². The Balaban J connectivity index is 2.06. The molecule has 0 aliphatic carbocycles. The normalized spacial score (nSPS) is 13.8. The van der Waals surface area contributed by atoms with Crippen LogP contribution in [0, 0.1) is 6.92 Å². The summed E-state index contributed by atoms with van der Waals surface area (Å²) < 4.78 is 21.0. The van der Waals surface area contributed by atoms with Crippen LogP contribution in [0.1, 0.15) is 67.5 Å². The first-order valence-electron chi connectivity index (χ1n) is 10.2. The molecule has 0 aliphatic heterocycles. The van der Waals surface area contributed by atoms with Gasteiger partial charge in [-0.2, -0.15) is 0 Å². The Hall–Kier alpha value is -2.12. The van der Waals surface area contributed by atoms with Crippen molar-refractivity contribution in [3.05, 3.63) is 76.1 Å². The zero-order valence-corrected chi connectivity index (χ0v) is 19.9. The van der Waals surface area contributed by atoms with Crippen LogP contribution in [0.25, 0.3) is 11.1 Å². The van der Waals surface area contributed by atoms with Crippen LogP contribution in [0.3, 0.4) is 0 Å². The number of aromatic nitrogens is 1. The highest BCUT2D eigenvalue weighted by molar-refractivity contribution is 7.90. The lowest BCUT2D eigenvalue weighted by atomic mass is 9.91. The fourth-order valence-electron chi connectivity index (χ4n) is 3.25. The molecule has 0 aliphatic rings. The van der Waals surface area contributed by atoms with Crippen molar-refractivity contribution in [2.75, 3.05) is 0 Å². The van der Waals surface area contributed by atoms with E-state index in [4.69, 9.17) is 16.1 Å². The van der Waals surface area contributed by atoms with Gasteiger partial charge in [-0.3, -0.25) is 4.79 Å². The lowest BCUT2D eigenvalue weighted by molar-refractivity contribution is 0.103. The molecule has 1 heterocycles. The maximum absolute atomic E-state index is 13.3. The van der Waals surface area contributed by atoms with Crippen LogP contribution in [0.15, 0.2) is 53.1 Å². The monoisotopic (exact) mass is 458 g/mol. The third-order valence-electron chi connectivity index (χ3n) is 4.98. The van der Waals surface area contributed by atoms with Gasteiger partial charge in [0.1, 0.15) is 16.2 Å². The van der Waals surface area contributed by atoms with Crippen LogP contribution in [0.4, 0.5) is 0 Å². The molecule has 2 aromatic carbocycles. The summed E-state index contributed by atoms with van der Waals surface area (Å²) in [7, 11) is 0. The quantitative estimate of drug-likeness (QED) is 0.345. The predicted molar refractivity (Wildman–Crippen MR) is 126 cm³/mol. The summed E-state index contributed by atoms with van der Waals surface area (Å²) in [4.78, 5) is 13.3. The number of rotatable bonds is 7. The zero-order chi connectivity index (χ0) is 22.8. The van der Waals surface area contributed by atoms with Gasteiger partial charge >= 0.3 is 0 Å². The number of carbonyl (C=O) groups is 1. The van der Waals surface area contributed by atoms with Gasteiger partial charge in [0.15, 0.2) is 5.78 Å². The largest absolute Gasteiger partial charge is 0.598 e. The molecular weight excluding hydrogens is 432 g/mol. The van der Waals surface area contributed by atoms with Gasteiger partial charge in [-0.25, -0.2) is 0 Å². The van der Waals surface area contributed by atoms with E-state index in [-0.39, 0.29) is 11.8 Å².